The molecule has 1 N–H and O–H groups in total. The maximum Gasteiger partial charge on any atom is 0.251 e. The van der Waals surface area contributed by atoms with Crippen LogP contribution in [-0.4, -0.2) is 22.4 Å². The van der Waals surface area contributed by atoms with Crippen LogP contribution in [0.15, 0.2) is 24.5 Å². The van der Waals surface area contributed by atoms with Gasteiger partial charge in [0.25, 0.3) is 5.91 Å². The lowest BCUT2D eigenvalue weighted by molar-refractivity contribution is 0.0949. The summed E-state index contributed by atoms with van der Waals surface area (Å²) in [4.78, 5) is 19.9. The van der Waals surface area contributed by atoms with Crippen LogP contribution in [0.4, 0.5) is 0 Å². The van der Waals surface area contributed by atoms with E-state index in [1.54, 1.807) is 18.2 Å². The van der Waals surface area contributed by atoms with Gasteiger partial charge in [0.15, 0.2) is 0 Å². The predicted molar refractivity (Wildman–Crippen MR) is 71.7 cm³/mol. The van der Waals surface area contributed by atoms with Gasteiger partial charge in [0, 0.05) is 17.5 Å². The van der Waals surface area contributed by atoms with Gasteiger partial charge >= 0.3 is 0 Å². The zero-order valence-corrected chi connectivity index (χ0v) is 11.0. The van der Waals surface area contributed by atoms with Gasteiger partial charge in [-0.15, -0.1) is 0 Å². The van der Waals surface area contributed by atoms with Crippen molar-refractivity contribution in [3.63, 3.8) is 0 Å². The first-order chi connectivity index (χ1) is 8.58. The minimum atomic E-state index is -0.0969. The monoisotopic (exact) mass is 263 g/mol. The number of carbonyl (C=O) groups excluding carboxylic acids is 1. The molecule has 0 aliphatic heterocycles. The smallest absolute Gasteiger partial charge is 0.251 e. The Hall–Kier alpha value is -1.68. The van der Waals surface area contributed by atoms with E-state index in [1.165, 1.54) is 6.33 Å². The van der Waals surface area contributed by atoms with Crippen LogP contribution in [0.3, 0.4) is 0 Å². The lowest BCUT2D eigenvalue weighted by atomic mass is 10.1. The number of fused-ring (bicyclic) bond motifs is 1. The maximum atomic E-state index is 11.9. The van der Waals surface area contributed by atoms with Crippen LogP contribution in [0.2, 0.25) is 5.15 Å². The molecule has 4 nitrogen and oxygen atoms in total. The molecule has 1 amide bonds. The van der Waals surface area contributed by atoms with E-state index in [-0.39, 0.29) is 5.91 Å². The Kier molecular flexibility index (Phi) is 3.77. The second-order valence-corrected chi connectivity index (χ2v) is 4.86. The molecule has 18 heavy (non-hydrogen) atoms. The Morgan fingerprint density at radius 2 is 2.17 bits per heavy atom. The third kappa shape index (κ3) is 2.76. The largest absolute Gasteiger partial charge is 0.352 e. The number of aromatic nitrogens is 2. The van der Waals surface area contributed by atoms with Gasteiger partial charge < -0.3 is 5.32 Å². The highest BCUT2D eigenvalue weighted by atomic mass is 35.5. The van der Waals surface area contributed by atoms with Gasteiger partial charge in [0.05, 0.1) is 5.52 Å². The Balaban J connectivity index is 2.27. The van der Waals surface area contributed by atoms with E-state index >= 15 is 0 Å². The summed E-state index contributed by atoms with van der Waals surface area (Å²) in [7, 11) is 0. The van der Waals surface area contributed by atoms with Crippen molar-refractivity contribution in [3.8, 4) is 0 Å². The number of carbonyl (C=O) groups is 1. The van der Waals surface area contributed by atoms with E-state index in [1.807, 2.05) is 13.8 Å². The molecule has 0 unspecified atom stereocenters. The zero-order valence-electron chi connectivity index (χ0n) is 10.3. The topological polar surface area (TPSA) is 54.9 Å². The molecule has 1 heterocycles. The molecule has 2 rings (SSSR count). The van der Waals surface area contributed by atoms with Crippen LogP contribution in [-0.2, 0) is 0 Å². The van der Waals surface area contributed by atoms with E-state index in [0.29, 0.717) is 28.7 Å². The number of halogens is 1. The lowest BCUT2D eigenvalue weighted by Crippen LogP contribution is -2.27. The van der Waals surface area contributed by atoms with Gasteiger partial charge in [-0.1, -0.05) is 25.4 Å². The predicted octanol–water partition coefficient (Wildman–Crippen LogP) is 2.67. The fraction of sp³-hybridized carbons (Fsp3) is 0.308. The van der Waals surface area contributed by atoms with Crippen molar-refractivity contribution in [1.29, 1.82) is 0 Å². The van der Waals surface area contributed by atoms with Crippen molar-refractivity contribution in [2.75, 3.05) is 6.54 Å². The van der Waals surface area contributed by atoms with E-state index < -0.39 is 0 Å². The van der Waals surface area contributed by atoms with Crippen molar-refractivity contribution in [1.82, 2.24) is 15.3 Å². The van der Waals surface area contributed by atoms with Crippen molar-refractivity contribution in [3.05, 3.63) is 35.2 Å². The summed E-state index contributed by atoms with van der Waals surface area (Å²) < 4.78 is 0. The Labute approximate surface area is 110 Å². The SMILES string of the molecule is CC(C)CNC(=O)c1ccc2c(Cl)ncnc2c1. The molecule has 2 aromatic rings. The number of hydrogen-bond donors (Lipinski definition) is 1. The summed E-state index contributed by atoms with van der Waals surface area (Å²) >= 11 is 5.94. The molecule has 1 aromatic heterocycles. The average Bonchev–Trinajstić information content (AvgIpc) is 2.35. The Morgan fingerprint density at radius 3 is 2.89 bits per heavy atom. The minimum absolute atomic E-state index is 0.0969. The van der Waals surface area contributed by atoms with E-state index in [4.69, 9.17) is 11.6 Å². The summed E-state index contributed by atoms with van der Waals surface area (Å²) in [5.41, 5.74) is 1.25. The number of rotatable bonds is 3. The van der Waals surface area contributed by atoms with Crippen LogP contribution in [0.1, 0.15) is 24.2 Å². The van der Waals surface area contributed by atoms with Gasteiger partial charge in [0.1, 0.15) is 11.5 Å². The molecule has 0 fully saturated rings. The summed E-state index contributed by atoms with van der Waals surface area (Å²) in [6, 6.07) is 5.22. The minimum Gasteiger partial charge on any atom is -0.352 e. The molecular formula is C13H14ClN3O. The summed E-state index contributed by atoms with van der Waals surface area (Å²) in [6.45, 7) is 4.75. The van der Waals surface area contributed by atoms with Gasteiger partial charge in [-0.3, -0.25) is 4.79 Å². The number of benzene rings is 1. The van der Waals surface area contributed by atoms with Crippen molar-refractivity contribution in [2.45, 2.75) is 13.8 Å². The van der Waals surface area contributed by atoms with Gasteiger partial charge in [-0.05, 0) is 24.1 Å². The molecule has 0 aliphatic carbocycles. The highest BCUT2D eigenvalue weighted by Crippen LogP contribution is 2.20. The third-order valence-corrected chi connectivity index (χ3v) is 2.82. The second kappa shape index (κ2) is 5.31. The van der Waals surface area contributed by atoms with E-state index in [2.05, 4.69) is 15.3 Å². The molecule has 0 radical (unpaired) electrons. The molecule has 5 heteroatoms. The molecule has 0 bridgehead atoms. The first-order valence-corrected chi connectivity index (χ1v) is 6.14. The fourth-order valence-electron chi connectivity index (χ4n) is 1.56. The van der Waals surface area contributed by atoms with Crippen molar-refractivity contribution >= 4 is 28.4 Å². The molecule has 0 spiro atoms. The Morgan fingerprint density at radius 1 is 1.39 bits per heavy atom. The highest BCUT2D eigenvalue weighted by molar-refractivity contribution is 6.34. The van der Waals surface area contributed by atoms with Crippen LogP contribution in [0, 0.1) is 5.92 Å². The Bertz CT molecular complexity index is 583. The van der Waals surface area contributed by atoms with Crippen LogP contribution in [0.5, 0.6) is 0 Å². The van der Waals surface area contributed by atoms with Crippen molar-refractivity contribution in [2.24, 2.45) is 5.92 Å². The van der Waals surface area contributed by atoms with Gasteiger partial charge in [-0.2, -0.15) is 0 Å². The first kappa shape index (κ1) is 12.8. The molecule has 0 saturated heterocycles. The molecular weight excluding hydrogens is 250 g/mol. The van der Waals surface area contributed by atoms with E-state index in [0.717, 1.165) is 5.39 Å². The molecule has 0 atom stereocenters. The molecule has 0 saturated carbocycles. The van der Waals surface area contributed by atoms with Crippen LogP contribution < -0.4 is 5.32 Å². The lowest BCUT2D eigenvalue weighted by Gasteiger charge is -2.08. The highest BCUT2D eigenvalue weighted by Gasteiger charge is 2.08. The molecule has 0 aliphatic rings. The second-order valence-electron chi connectivity index (χ2n) is 4.50. The maximum absolute atomic E-state index is 11.9. The average molecular weight is 264 g/mol. The molecule has 1 aromatic carbocycles. The number of nitrogens with zero attached hydrogens (tertiary/aromatic N) is 2. The van der Waals surface area contributed by atoms with E-state index in [9.17, 15) is 4.79 Å². The standard InChI is InChI=1S/C13H14ClN3O/c1-8(2)6-15-13(18)9-3-4-10-11(5-9)16-7-17-12(10)14/h3-5,7-8H,6H2,1-2H3,(H,15,18). The number of amides is 1. The zero-order chi connectivity index (χ0) is 13.1. The summed E-state index contributed by atoms with van der Waals surface area (Å²) in [5, 5.41) is 4.01. The third-order valence-electron chi connectivity index (χ3n) is 2.52. The number of nitrogens with one attached hydrogen (secondary N) is 1. The number of hydrogen-bond acceptors (Lipinski definition) is 3. The van der Waals surface area contributed by atoms with Crippen LogP contribution in [0.25, 0.3) is 10.9 Å². The van der Waals surface area contributed by atoms with Gasteiger partial charge in [-0.25, -0.2) is 9.97 Å². The van der Waals surface area contributed by atoms with Crippen molar-refractivity contribution < 1.29 is 4.79 Å². The summed E-state index contributed by atoms with van der Waals surface area (Å²) in [5.74, 6) is 0.325. The van der Waals surface area contributed by atoms with Gasteiger partial charge in [0.2, 0.25) is 0 Å². The molecule has 94 valence electrons. The normalized spacial score (nSPS) is 10.9. The summed E-state index contributed by atoms with van der Waals surface area (Å²) in [6.07, 6.45) is 1.39. The van der Waals surface area contributed by atoms with Crippen LogP contribution >= 0.6 is 11.6 Å². The quantitative estimate of drug-likeness (QED) is 0.866. The fourth-order valence-corrected chi connectivity index (χ4v) is 1.77. The first-order valence-electron chi connectivity index (χ1n) is 5.76.